The van der Waals surface area contributed by atoms with Gasteiger partial charge in [-0.05, 0) is 29.0 Å². The quantitative estimate of drug-likeness (QED) is 0.631. The van der Waals surface area contributed by atoms with Crippen molar-refractivity contribution < 1.29 is 26.3 Å². The molecule has 0 unspecified atom stereocenters. The van der Waals surface area contributed by atoms with E-state index in [4.69, 9.17) is 0 Å². The summed E-state index contributed by atoms with van der Waals surface area (Å²) >= 11 is 0. The van der Waals surface area contributed by atoms with Gasteiger partial charge in [0.05, 0.1) is 18.2 Å². The monoisotopic (exact) mass is 323 g/mol. The average molecular weight is 323 g/mol. The van der Waals surface area contributed by atoms with Gasteiger partial charge in [0.1, 0.15) is 0 Å². The Morgan fingerprint density at radius 2 is 1.55 bits per heavy atom. The Morgan fingerprint density at radius 1 is 1.00 bits per heavy atom. The molecular formula is C11H7F6N5. The maximum absolute atomic E-state index is 12.7. The molecule has 0 aliphatic carbocycles. The number of aryl methyl sites for hydroxylation is 1. The maximum Gasteiger partial charge on any atom is 0.416 e. The Hall–Kier alpha value is -2.46. The molecule has 0 atom stereocenters. The molecule has 2 rings (SSSR count). The van der Waals surface area contributed by atoms with E-state index in [1.807, 2.05) is 0 Å². The molecule has 0 fully saturated rings. The second-order valence-corrected chi connectivity index (χ2v) is 4.18. The van der Waals surface area contributed by atoms with E-state index in [2.05, 4.69) is 20.4 Å². The standard InChI is InChI=1S/C11H7F6N5/c1-22-20-9(19-21-22)18-5-6-2-7(10(12,13)14)4-8(3-6)11(15,16)17/h2-5H,1H3/b18-5-. The van der Waals surface area contributed by atoms with E-state index in [1.54, 1.807) is 0 Å². The van der Waals surface area contributed by atoms with Crippen molar-refractivity contribution in [3.63, 3.8) is 0 Å². The van der Waals surface area contributed by atoms with Crippen molar-refractivity contribution in [2.24, 2.45) is 12.0 Å². The van der Waals surface area contributed by atoms with Gasteiger partial charge in [0.2, 0.25) is 0 Å². The number of halogens is 6. The molecule has 1 aromatic carbocycles. The van der Waals surface area contributed by atoms with E-state index < -0.39 is 23.5 Å². The third-order valence-corrected chi connectivity index (χ3v) is 2.44. The lowest BCUT2D eigenvalue weighted by atomic mass is 10.1. The maximum atomic E-state index is 12.7. The Kier molecular flexibility index (Phi) is 3.90. The van der Waals surface area contributed by atoms with E-state index >= 15 is 0 Å². The molecule has 22 heavy (non-hydrogen) atoms. The van der Waals surface area contributed by atoms with Gasteiger partial charge < -0.3 is 0 Å². The summed E-state index contributed by atoms with van der Waals surface area (Å²) in [6.07, 6.45) is -9.01. The highest BCUT2D eigenvalue weighted by molar-refractivity contribution is 5.81. The molecule has 0 aliphatic heterocycles. The zero-order chi connectivity index (χ0) is 16.5. The summed E-state index contributed by atoms with van der Waals surface area (Å²) in [6.45, 7) is 0. The lowest BCUT2D eigenvalue weighted by molar-refractivity contribution is -0.143. The molecule has 0 N–H and O–H groups in total. The molecule has 0 radical (unpaired) electrons. The molecule has 0 saturated carbocycles. The van der Waals surface area contributed by atoms with Crippen molar-refractivity contribution in [1.82, 2.24) is 20.2 Å². The van der Waals surface area contributed by atoms with Gasteiger partial charge in [-0.3, -0.25) is 0 Å². The average Bonchev–Trinajstić information content (AvgIpc) is 2.80. The number of aromatic nitrogens is 4. The first-order valence-electron chi connectivity index (χ1n) is 5.63. The molecule has 5 nitrogen and oxygen atoms in total. The van der Waals surface area contributed by atoms with Crippen molar-refractivity contribution in [3.05, 3.63) is 34.9 Å². The molecule has 2 aromatic rings. The van der Waals surface area contributed by atoms with Crippen LogP contribution in [-0.2, 0) is 19.4 Å². The minimum atomic E-state index is -4.91. The van der Waals surface area contributed by atoms with Gasteiger partial charge in [-0.1, -0.05) is 5.10 Å². The predicted molar refractivity (Wildman–Crippen MR) is 62.5 cm³/mol. The third kappa shape index (κ3) is 3.80. The van der Waals surface area contributed by atoms with Crippen LogP contribution in [0.2, 0.25) is 0 Å². The van der Waals surface area contributed by atoms with Gasteiger partial charge in [0.25, 0.3) is 5.95 Å². The Balaban J connectivity index is 2.44. The zero-order valence-corrected chi connectivity index (χ0v) is 10.8. The fraction of sp³-hybridized carbons (Fsp3) is 0.273. The van der Waals surface area contributed by atoms with Gasteiger partial charge in [-0.25, -0.2) is 4.99 Å². The number of hydrogen-bond donors (Lipinski definition) is 0. The van der Waals surface area contributed by atoms with E-state index in [0.717, 1.165) is 11.0 Å². The van der Waals surface area contributed by atoms with E-state index in [-0.39, 0.29) is 17.6 Å². The van der Waals surface area contributed by atoms with Crippen LogP contribution in [0.5, 0.6) is 0 Å². The summed E-state index contributed by atoms with van der Waals surface area (Å²) in [5.41, 5.74) is -3.22. The van der Waals surface area contributed by atoms with Crippen molar-refractivity contribution in [3.8, 4) is 0 Å². The lowest BCUT2D eigenvalue weighted by Gasteiger charge is -2.12. The predicted octanol–water partition coefficient (Wildman–Crippen LogP) is 3.00. The summed E-state index contributed by atoms with van der Waals surface area (Å²) in [5.74, 6) is -0.187. The largest absolute Gasteiger partial charge is 0.416 e. The van der Waals surface area contributed by atoms with Gasteiger partial charge in [0.15, 0.2) is 0 Å². The van der Waals surface area contributed by atoms with Crippen LogP contribution in [0.3, 0.4) is 0 Å². The first-order chi connectivity index (χ1) is 10.1. The number of tetrazole rings is 1. The Bertz CT molecular complexity index is 667. The fourth-order valence-electron chi connectivity index (χ4n) is 1.51. The van der Waals surface area contributed by atoms with Crippen molar-refractivity contribution in [2.45, 2.75) is 12.4 Å². The number of nitrogens with zero attached hydrogens (tertiary/aromatic N) is 5. The van der Waals surface area contributed by atoms with Gasteiger partial charge >= 0.3 is 12.4 Å². The van der Waals surface area contributed by atoms with Crippen molar-refractivity contribution >= 4 is 12.2 Å². The zero-order valence-electron chi connectivity index (χ0n) is 10.8. The van der Waals surface area contributed by atoms with E-state index in [1.165, 1.54) is 7.05 Å². The van der Waals surface area contributed by atoms with Gasteiger partial charge in [-0.2, -0.15) is 31.1 Å². The number of rotatable bonds is 2. The molecule has 1 aromatic heterocycles. The summed E-state index contributed by atoms with van der Waals surface area (Å²) in [5, 5.41) is 10.5. The van der Waals surface area contributed by atoms with Crippen LogP contribution in [0.15, 0.2) is 23.2 Å². The first kappa shape index (κ1) is 15.9. The number of hydrogen-bond acceptors (Lipinski definition) is 4. The Labute approximate surface area is 119 Å². The highest BCUT2D eigenvalue weighted by atomic mass is 19.4. The van der Waals surface area contributed by atoms with Crippen molar-refractivity contribution in [2.75, 3.05) is 0 Å². The van der Waals surface area contributed by atoms with E-state index in [0.29, 0.717) is 12.1 Å². The highest BCUT2D eigenvalue weighted by Gasteiger charge is 2.36. The van der Waals surface area contributed by atoms with Gasteiger partial charge in [-0.15, -0.1) is 5.10 Å². The fourth-order valence-corrected chi connectivity index (χ4v) is 1.51. The number of aliphatic imine (C=N–C) groups is 1. The molecule has 0 aliphatic rings. The number of alkyl halides is 6. The molecule has 0 bridgehead atoms. The summed E-state index contributed by atoms with van der Waals surface area (Å²) in [4.78, 5) is 4.62. The third-order valence-electron chi connectivity index (χ3n) is 2.44. The highest BCUT2D eigenvalue weighted by Crippen LogP contribution is 2.36. The molecular weight excluding hydrogens is 316 g/mol. The molecule has 0 spiro atoms. The summed E-state index contributed by atoms with van der Waals surface area (Å²) < 4.78 is 75.9. The summed E-state index contributed by atoms with van der Waals surface area (Å²) in [7, 11) is 1.43. The second-order valence-electron chi connectivity index (χ2n) is 4.18. The molecule has 1 heterocycles. The van der Waals surface area contributed by atoms with Crippen LogP contribution in [0.25, 0.3) is 0 Å². The number of benzene rings is 1. The molecule has 118 valence electrons. The van der Waals surface area contributed by atoms with Crippen LogP contribution in [0.1, 0.15) is 16.7 Å². The van der Waals surface area contributed by atoms with Crippen LogP contribution in [-0.4, -0.2) is 26.4 Å². The lowest BCUT2D eigenvalue weighted by Crippen LogP contribution is -2.11. The van der Waals surface area contributed by atoms with E-state index in [9.17, 15) is 26.3 Å². The topological polar surface area (TPSA) is 56.0 Å². The molecule has 0 amide bonds. The normalized spacial score (nSPS) is 13.0. The molecule has 11 heteroatoms. The first-order valence-corrected chi connectivity index (χ1v) is 5.63. The smallest absolute Gasteiger partial charge is 0.216 e. The van der Waals surface area contributed by atoms with Crippen LogP contribution < -0.4 is 0 Å². The minimum absolute atomic E-state index is 0.0396. The minimum Gasteiger partial charge on any atom is -0.216 e. The van der Waals surface area contributed by atoms with Crippen LogP contribution in [0.4, 0.5) is 32.3 Å². The van der Waals surface area contributed by atoms with Crippen LogP contribution >= 0.6 is 0 Å². The molecule has 0 saturated heterocycles. The van der Waals surface area contributed by atoms with Crippen molar-refractivity contribution in [1.29, 1.82) is 0 Å². The Morgan fingerprint density at radius 3 is 1.95 bits per heavy atom. The van der Waals surface area contributed by atoms with Crippen LogP contribution in [0, 0.1) is 0 Å². The van der Waals surface area contributed by atoms with Gasteiger partial charge in [0, 0.05) is 6.21 Å². The summed E-state index contributed by atoms with van der Waals surface area (Å²) in [6, 6.07) is 1.14. The second kappa shape index (κ2) is 5.39. The SMILES string of the molecule is Cn1nnc(/N=C\c2cc(C(F)(F)F)cc(C(F)(F)F)c2)n1.